The molecule has 1 amide bonds. The van der Waals surface area contributed by atoms with Gasteiger partial charge >= 0.3 is 0 Å². The van der Waals surface area contributed by atoms with Crippen LogP contribution in [0.2, 0.25) is 0 Å². The number of rotatable bonds is 8. The summed E-state index contributed by atoms with van der Waals surface area (Å²) in [5, 5.41) is 0. The van der Waals surface area contributed by atoms with E-state index in [0.717, 1.165) is 39.3 Å². The molecule has 0 aliphatic carbocycles. The van der Waals surface area contributed by atoms with E-state index in [1.807, 2.05) is 18.7 Å². The van der Waals surface area contributed by atoms with Crippen molar-refractivity contribution in [3.8, 4) is 0 Å². The molecule has 0 aromatic rings. The average molecular weight is 285 g/mol. The van der Waals surface area contributed by atoms with Crippen molar-refractivity contribution in [1.82, 2.24) is 9.80 Å². The van der Waals surface area contributed by atoms with E-state index in [2.05, 4.69) is 11.9 Å². The lowest BCUT2D eigenvalue weighted by Crippen LogP contribution is -2.45. The Balaban J connectivity index is 2.45. The molecule has 20 heavy (non-hydrogen) atoms. The molecule has 2 atom stereocenters. The zero-order valence-corrected chi connectivity index (χ0v) is 13.3. The van der Waals surface area contributed by atoms with E-state index in [4.69, 9.17) is 10.5 Å². The van der Waals surface area contributed by atoms with Crippen molar-refractivity contribution in [2.24, 2.45) is 11.7 Å². The lowest BCUT2D eigenvalue weighted by molar-refractivity contribution is -0.132. The number of hydrogen-bond donors (Lipinski definition) is 1. The maximum Gasteiger partial charge on any atom is 0.224 e. The molecule has 5 nitrogen and oxygen atoms in total. The third-order valence-electron chi connectivity index (χ3n) is 4.22. The van der Waals surface area contributed by atoms with Crippen LogP contribution in [0.3, 0.4) is 0 Å². The Hall–Kier alpha value is -0.650. The maximum absolute atomic E-state index is 12.2. The fourth-order valence-electron chi connectivity index (χ4n) is 2.83. The molecule has 1 saturated heterocycles. The van der Waals surface area contributed by atoms with Crippen LogP contribution in [0.1, 0.15) is 33.1 Å². The molecule has 1 heterocycles. The molecule has 2 unspecified atom stereocenters. The van der Waals surface area contributed by atoms with Crippen LogP contribution >= 0.6 is 0 Å². The summed E-state index contributed by atoms with van der Waals surface area (Å²) in [6.45, 7) is 8.79. The van der Waals surface area contributed by atoms with Crippen LogP contribution < -0.4 is 5.73 Å². The monoisotopic (exact) mass is 285 g/mol. The van der Waals surface area contributed by atoms with Crippen molar-refractivity contribution >= 4 is 5.91 Å². The van der Waals surface area contributed by atoms with Crippen LogP contribution in [-0.4, -0.2) is 68.2 Å². The predicted molar refractivity (Wildman–Crippen MR) is 81.6 cm³/mol. The fraction of sp³-hybridized carbons (Fsp3) is 0.933. The highest BCUT2D eigenvalue weighted by atomic mass is 16.5. The van der Waals surface area contributed by atoms with E-state index in [-0.39, 0.29) is 11.9 Å². The second-order valence-electron chi connectivity index (χ2n) is 5.68. The maximum atomic E-state index is 12.2. The normalized spacial score (nSPS) is 20.9. The third kappa shape index (κ3) is 5.38. The van der Waals surface area contributed by atoms with E-state index < -0.39 is 0 Å². The molecule has 2 N–H and O–H groups in total. The van der Waals surface area contributed by atoms with E-state index >= 15 is 0 Å². The zero-order chi connectivity index (χ0) is 15.0. The van der Waals surface area contributed by atoms with Gasteiger partial charge in [0.25, 0.3) is 0 Å². The van der Waals surface area contributed by atoms with Gasteiger partial charge < -0.3 is 20.3 Å². The molecule has 1 rings (SSSR count). The Labute approximate surface area is 123 Å². The molecule has 0 radical (unpaired) electrons. The molecule has 118 valence electrons. The highest BCUT2D eigenvalue weighted by molar-refractivity contribution is 5.76. The number of carbonyl (C=O) groups excluding carboxylic acids is 1. The molecular weight excluding hydrogens is 254 g/mol. The highest BCUT2D eigenvalue weighted by Crippen LogP contribution is 2.16. The zero-order valence-electron chi connectivity index (χ0n) is 13.3. The number of amides is 1. The molecular formula is C15H31N3O2. The second-order valence-corrected chi connectivity index (χ2v) is 5.68. The Morgan fingerprint density at radius 3 is 2.60 bits per heavy atom. The number of nitrogens with two attached hydrogens (primary N) is 1. The third-order valence-corrected chi connectivity index (χ3v) is 4.22. The topological polar surface area (TPSA) is 58.8 Å². The molecule has 0 spiro atoms. The van der Waals surface area contributed by atoms with Crippen molar-refractivity contribution < 1.29 is 9.53 Å². The summed E-state index contributed by atoms with van der Waals surface area (Å²) in [7, 11) is 2.07. The van der Waals surface area contributed by atoms with Crippen LogP contribution in [0.4, 0.5) is 0 Å². The summed E-state index contributed by atoms with van der Waals surface area (Å²) >= 11 is 0. The van der Waals surface area contributed by atoms with E-state index in [1.165, 1.54) is 6.42 Å². The molecule has 0 aromatic heterocycles. The van der Waals surface area contributed by atoms with Crippen molar-refractivity contribution in [2.75, 3.05) is 46.4 Å². The summed E-state index contributed by atoms with van der Waals surface area (Å²) in [5.41, 5.74) is 5.87. The van der Waals surface area contributed by atoms with Gasteiger partial charge in [-0.2, -0.15) is 0 Å². The second kappa shape index (κ2) is 9.32. The molecule has 1 aliphatic heterocycles. The Kier molecular flexibility index (Phi) is 8.11. The van der Waals surface area contributed by atoms with Gasteiger partial charge in [0.05, 0.1) is 6.61 Å². The summed E-state index contributed by atoms with van der Waals surface area (Å²) in [6.07, 6.45) is 2.87. The van der Waals surface area contributed by atoms with Crippen LogP contribution in [0.25, 0.3) is 0 Å². The quantitative estimate of drug-likeness (QED) is 0.721. The van der Waals surface area contributed by atoms with Crippen molar-refractivity contribution in [1.29, 1.82) is 0 Å². The van der Waals surface area contributed by atoms with Gasteiger partial charge in [0.1, 0.15) is 0 Å². The van der Waals surface area contributed by atoms with Crippen molar-refractivity contribution in [2.45, 2.75) is 39.2 Å². The standard InChI is InChI=1S/C15H31N3O2/c1-4-18(5-2)15(19)9-14(10-16)17(3)11-13-7-6-8-20-12-13/h13-14H,4-12,16H2,1-3H3. The van der Waals surface area contributed by atoms with Gasteiger partial charge in [-0.3, -0.25) is 4.79 Å². The van der Waals surface area contributed by atoms with Crippen LogP contribution in [0, 0.1) is 5.92 Å². The Morgan fingerprint density at radius 2 is 2.10 bits per heavy atom. The molecule has 0 bridgehead atoms. The van der Waals surface area contributed by atoms with Crippen LogP contribution in [-0.2, 0) is 9.53 Å². The fourth-order valence-corrected chi connectivity index (χ4v) is 2.83. The minimum absolute atomic E-state index is 0.130. The van der Waals surface area contributed by atoms with Crippen LogP contribution in [0.5, 0.6) is 0 Å². The van der Waals surface area contributed by atoms with Gasteiger partial charge in [-0.1, -0.05) is 0 Å². The number of nitrogens with zero attached hydrogens (tertiary/aromatic N) is 2. The number of ether oxygens (including phenoxy) is 1. The predicted octanol–water partition coefficient (Wildman–Crippen LogP) is 0.931. The first-order valence-corrected chi connectivity index (χ1v) is 7.88. The lowest BCUT2D eigenvalue weighted by Gasteiger charge is -2.33. The summed E-state index contributed by atoms with van der Waals surface area (Å²) in [4.78, 5) is 16.3. The van der Waals surface area contributed by atoms with E-state index in [0.29, 0.717) is 18.9 Å². The molecule has 5 heteroatoms. The first-order valence-electron chi connectivity index (χ1n) is 7.88. The Bertz CT molecular complexity index is 276. The minimum atomic E-state index is 0.130. The SMILES string of the molecule is CCN(CC)C(=O)CC(CN)N(C)CC1CCCOC1. The van der Waals surface area contributed by atoms with Crippen LogP contribution in [0.15, 0.2) is 0 Å². The van der Waals surface area contributed by atoms with E-state index in [9.17, 15) is 4.79 Å². The number of likely N-dealkylation sites (N-methyl/N-ethyl adjacent to an activating group) is 1. The van der Waals surface area contributed by atoms with Gasteiger partial charge in [-0.05, 0) is 39.7 Å². The number of hydrogen-bond acceptors (Lipinski definition) is 4. The molecule has 1 fully saturated rings. The van der Waals surface area contributed by atoms with E-state index in [1.54, 1.807) is 0 Å². The van der Waals surface area contributed by atoms with Crippen molar-refractivity contribution in [3.63, 3.8) is 0 Å². The first kappa shape index (κ1) is 17.4. The van der Waals surface area contributed by atoms with Gasteiger partial charge in [0, 0.05) is 45.2 Å². The molecule has 0 aromatic carbocycles. The summed E-state index contributed by atoms with van der Waals surface area (Å²) in [6, 6.07) is 0.130. The summed E-state index contributed by atoms with van der Waals surface area (Å²) in [5.74, 6) is 0.781. The largest absolute Gasteiger partial charge is 0.381 e. The summed E-state index contributed by atoms with van der Waals surface area (Å²) < 4.78 is 5.52. The smallest absolute Gasteiger partial charge is 0.224 e. The van der Waals surface area contributed by atoms with Crippen molar-refractivity contribution in [3.05, 3.63) is 0 Å². The minimum Gasteiger partial charge on any atom is -0.381 e. The first-order chi connectivity index (χ1) is 9.62. The Morgan fingerprint density at radius 1 is 1.40 bits per heavy atom. The van der Waals surface area contributed by atoms with Gasteiger partial charge in [0.2, 0.25) is 5.91 Å². The lowest BCUT2D eigenvalue weighted by atomic mass is 10.0. The van der Waals surface area contributed by atoms with Gasteiger partial charge in [-0.25, -0.2) is 0 Å². The molecule has 0 saturated carbocycles. The highest BCUT2D eigenvalue weighted by Gasteiger charge is 2.23. The van der Waals surface area contributed by atoms with Gasteiger partial charge in [0.15, 0.2) is 0 Å². The van der Waals surface area contributed by atoms with Gasteiger partial charge in [-0.15, -0.1) is 0 Å². The number of carbonyl (C=O) groups is 1. The molecule has 1 aliphatic rings. The average Bonchev–Trinajstić information content (AvgIpc) is 2.47.